The summed E-state index contributed by atoms with van der Waals surface area (Å²) in [5.41, 5.74) is 0. The average molecular weight is 71.1 g/mol. The van der Waals surface area contributed by atoms with E-state index >= 15 is 0 Å². The van der Waals surface area contributed by atoms with Gasteiger partial charge in [0.2, 0.25) is 0 Å². The van der Waals surface area contributed by atoms with E-state index in [0.29, 0.717) is 0 Å². The molecule has 0 unspecified atom stereocenters. The normalized spacial score (nSPS) is 0.800. The molecule has 0 saturated carbocycles. The van der Waals surface area contributed by atoms with Crippen molar-refractivity contribution < 1.29 is 0 Å². The molecule has 3 heteroatoms. The summed E-state index contributed by atoms with van der Waals surface area (Å²) in [6.07, 6.45) is 0. The van der Waals surface area contributed by atoms with E-state index in [1.54, 1.807) is 0 Å². The molecule has 0 aromatic heterocycles. The molecule has 0 aromatic rings. The summed E-state index contributed by atoms with van der Waals surface area (Å²) in [5, 5.41) is 13.0. The SMILES string of the molecule is C#N.C#N.N. The first-order valence-corrected chi connectivity index (χ1v) is 0.516. The third-order valence-corrected chi connectivity index (χ3v) is 0. The predicted octanol–water partition coefficient (Wildman–Crippen LogP) is 0.442. The summed E-state index contributed by atoms with van der Waals surface area (Å²) in [6.45, 7) is 7.00. The molecule has 0 fully saturated rings. The van der Waals surface area contributed by atoms with Gasteiger partial charge >= 0.3 is 0 Å². The second-order valence-electron chi connectivity index (χ2n) is 0. The van der Waals surface area contributed by atoms with Crippen LogP contribution in [0.5, 0.6) is 0 Å². The van der Waals surface area contributed by atoms with Crippen LogP contribution in [0.2, 0.25) is 0 Å². The summed E-state index contributed by atoms with van der Waals surface area (Å²) in [4.78, 5) is 0. The lowest BCUT2D eigenvalue weighted by molar-refractivity contribution is 1.58. The van der Waals surface area contributed by atoms with E-state index in [2.05, 4.69) is 13.1 Å². The van der Waals surface area contributed by atoms with Crippen molar-refractivity contribution in [3.05, 3.63) is 0 Å². The van der Waals surface area contributed by atoms with Crippen molar-refractivity contribution in [1.82, 2.24) is 6.15 Å². The Labute approximate surface area is 31.0 Å². The quantitative estimate of drug-likeness (QED) is 0.449. The third-order valence-electron chi connectivity index (χ3n) is 0. The molecule has 0 aromatic carbocycles. The lowest BCUT2D eigenvalue weighted by atomic mass is 11.9. The highest BCUT2D eigenvalue weighted by molar-refractivity contribution is 4.03. The summed E-state index contributed by atoms with van der Waals surface area (Å²) < 4.78 is 0. The molecule has 5 heavy (non-hydrogen) atoms. The van der Waals surface area contributed by atoms with E-state index in [1.165, 1.54) is 0 Å². The van der Waals surface area contributed by atoms with Crippen LogP contribution in [0, 0.1) is 23.7 Å². The van der Waals surface area contributed by atoms with Gasteiger partial charge in [-0.1, -0.05) is 0 Å². The summed E-state index contributed by atoms with van der Waals surface area (Å²) in [5.74, 6) is 0. The maximum Gasteiger partial charge on any atom is 0.0462 e. The largest absolute Gasteiger partial charge is 0.344 e. The highest BCUT2D eigenvalue weighted by atomic mass is 14.2. The lowest BCUT2D eigenvalue weighted by Gasteiger charge is -0.668. The molecule has 0 atom stereocenters. The van der Waals surface area contributed by atoms with Crippen molar-refractivity contribution in [2.45, 2.75) is 0 Å². The van der Waals surface area contributed by atoms with Gasteiger partial charge in [-0.2, -0.15) is 0 Å². The van der Waals surface area contributed by atoms with Crippen LogP contribution in [0.15, 0.2) is 0 Å². The van der Waals surface area contributed by atoms with E-state index in [9.17, 15) is 0 Å². The van der Waals surface area contributed by atoms with E-state index in [4.69, 9.17) is 10.5 Å². The smallest absolute Gasteiger partial charge is 0.0462 e. The maximum absolute atomic E-state index is 6.50. The predicted molar refractivity (Wildman–Crippen MR) is 18.4 cm³/mol. The first kappa shape index (κ1) is 38.5. The molecule has 3 nitrogen and oxygen atoms in total. The fourth-order valence-electron chi connectivity index (χ4n) is 0. The molecule has 28 valence electrons. The van der Waals surface area contributed by atoms with E-state index in [1.807, 2.05) is 0 Å². The van der Waals surface area contributed by atoms with Crippen molar-refractivity contribution >= 4 is 0 Å². The van der Waals surface area contributed by atoms with Crippen LogP contribution >= 0.6 is 0 Å². The molecular formula is C2H5N3. The second kappa shape index (κ2) is 9.85. The van der Waals surface area contributed by atoms with Gasteiger partial charge in [-0.25, -0.2) is 10.5 Å². The monoisotopic (exact) mass is 71.0 g/mol. The molecule has 0 aliphatic heterocycles. The zero-order chi connectivity index (χ0) is 4.00. The van der Waals surface area contributed by atoms with Gasteiger partial charge in [-0.15, -0.1) is 0 Å². The van der Waals surface area contributed by atoms with Gasteiger partial charge in [0.15, 0.2) is 0 Å². The number of hydrogen-bond acceptors (Lipinski definition) is 3. The lowest BCUT2D eigenvalue weighted by Crippen LogP contribution is -0.569. The number of hydrogen-bond donors (Lipinski definition) is 1. The summed E-state index contributed by atoms with van der Waals surface area (Å²) in [6, 6.07) is 0. The van der Waals surface area contributed by atoms with E-state index in [0.717, 1.165) is 0 Å². The standard InChI is InChI=1S/2CHN.H3N/c2*1-2;/h2*1H;1H3. The topological polar surface area (TPSA) is 82.6 Å². The first-order valence-electron chi connectivity index (χ1n) is 0.516. The van der Waals surface area contributed by atoms with Crippen LogP contribution < -0.4 is 6.15 Å². The number of nitrogens with zero attached hydrogens (tertiary/aromatic N) is 2. The summed E-state index contributed by atoms with van der Waals surface area (Å²) in [7, 11) is 0. The average Bonchev–Trinajstić information content (AvgIpc) is 1.50. The molecule has 0 aliphatic carbocycles. The molecule has 0 amide bonds. The van der Waals surface area contributed by atoms with Gasteiger partial charge in [0.1, 0.15) is 0 Å². The Bertz CT molecular complexity index is 20.4. The highest BCUT2D eigenvalue weighted by Crippen LogP contribution is 0.588. The van der Waals surface area contributed by atoms with Crippen molar-refractivity contribution in [1.29, 1.82) is 10.5 Å². The van der Waals surface area contributed by atoms with E-state index in [-0.39, 0.29) is 6.15 Å². The number of nitriles is 2. The van der Waals surface area contributed by atoms with Crippen LogP contribution in [0.25, 0.3) is 0 Å². The van der Waals surface area contributed by atoms with Gasteiger partial charge in [0.25, 0.3) is 0 Å². The van der Waals surface area contributed by atoms with Crippen molar-refractivity contribution in [3.8, 4) is 13.1 Å². The highest BCUT2D eigenvalue weighted by Gasteiger charge is 0.515. The molecule has 0 radical (unpaired) electrons. The van der Waals surface area contributed by atoms with Gasteiger partial charge in [0.05, 0.1) is 0 Å². The minimum atomic E-state index is 0. The van der Waals surface area contributed by atoms with Crippen LogP contribution in [-0.4, -0.2) is 0 Å². The first-order chi connectivity index (χ1) is 2.00. The van der Waals surface area contributed by atoms with Gasteiger partial charge in [-0.05, 0) is 0 Å². The van der Waals surface area contributed by atoms with Crippen molar-refractivity contribution in [2.75, 3.05) is 0 Å². The van der Waals surface area contributed by atoms with Gasteiger partial charge in [-0.3, -0.25) is 0 Å². The Morgan fingerprint density at radius 1 is 0.800 bits per heavy atom. The van der Waals surface area contributed by atoms with Crippen molar-refractivity contribution in [3.63, 3.8) is 0 Å². The molecule has 0 saturated heterocycles. The molecule has 0 rings (SSSR count). The van der Waals surface area contributed by atoms with Gasteiger partial charge < -0.3 is 6.15 Å². The molecular weight excluding hydrogens is 66.0 g/mol. The molecule has 0 bridgehead atoms. The Balaban J connectivity index is -0.0000000133. The number of rotatable bonds is 0. The minimum Gasteiger partial charge on any atom is -0.344 e. The van der Waals surface area contributed by atoms with E-state index < -0.39 is 0 Å². The molecule has 0 spiro atoms. The van der Waals surface area contributed by atoms with Gasteiger partial charge in [0, 0.05) is 13.1 Å². The zero-order valence-electron chi connectivity index (χ0n) is 2.76. The minimum absolute atomic E-state index is 0. The Hall–Kier alpha value is -1.06. The molecule has 0 heterocycles. The van der Waals surface area contributed by atoms with Crippen molar-refractivity contribution in [2.24, 2.45) is 0 Å². The molecule has 3 N–H and O–H groups in total. The van der Waals surface area contributed by atoms with Crippen LogP contribution in [0.3, 0.4) is 0 Å². The fraction of sp³-hybridized carbons (Fsp3) is 0. The Morgan fingerprint density at radius 3 is 0.800 bits per heavy atom. The Kier molecular flexibility index (Phi) is 75.9. The van der Waals surface area contributed by atoms with Crippen LogP contribution in [0.4, 0.5) is 0 Å². The summed E-state index contributed by atoms with van der Waals surface area (Å²) >= 11 is 0. The zero-order valence-corrected chi connectivity index (χ0v) is 2.76. The fourth-order valence-corrected chi connectivity index (χ4v) is 0. The van der Waals surface area contributed by atoms with Crippen LogP contribution in [-0.2, 0) is 0 Å². The third kappa shape index (κ3) is 2.31. The maximum atomic E-state index is 6.50. The Morgan fingerprint density at radius 2 is 0.800 bits per heavy atom. The van der Waals surface area contributed by atoms with Crippen LogP contribution in [0.1, 0.15) is 0 Å². The second-order valence-corrected chi connectivity index (χ2v) is 0. The molecule has 0 aliphatic rings.